The van der Waals surface area contributed by atoms with E-state index in [1.807, 2.05) is 56.3 Å². The maximum absolute atomic E-state index is 5.92. The first-order chi connectivity index (χ1) is 13.6. The average molecular weight is 387 g/mol. The van der Waals surface area contributed by atoms with Gasteiger partial charge in [0.2, 0.25) is 0 Å². The predicted molar refractivity (Wildman–Crippen MR) is 112 cm³/mol. The van der Waals surface area contributed by atoms with Crippen molar-refractivity contribution in [3.8, 4) is 23.0 Å². The lowest BCUT2D eigenvalue weighted by Crippen LogP contribution is -2.32. The van der Waals surface area contributed by atoms with E-state index in [0.717, 1.165) is 23.7 Å². The molecule has 152 valence electrons. The van der Waals surface area contributed by atoms with E-state index in [-0.39, 0.29) is 6.10 Å². The Kier molecular flexibility index (Phi) is 8.27. The molecule has 2 rings (SSSR count). The van der Waals surface area contributed by atoms with Gasteiger partial charge in [-0.25, -0.2) is 4.99 Å². The molecule has 0 aliphatic rings. The molecule has 0 spiro atoms. The molecular formula is C21H29N3O4. The number of aliphatic imine (C=N–C) groups is 1. The molecule has 0 saturated carbocycles. The first-order valence-corrected chi connectivity index (χ1v) is 9.17. The Morgan fingerprint density at radius 2 is 1.71 bits per heavy atom. The Balaban J connectivity index is 2.02. The molecule has 0 aromatic heterocycles. The standard InChI is InChI=1S/C21H29N3O4/c1-6-22-21(24-16-10-11-19(26-4)20(12-16)27-5)23-14-15(2)28-18-9-7-8-17(13-18)25-3/h7-13,15H,6,14H2,1-5H3,(H2,22,23,24). The van der Waals surface area contributed by atoms with E-state index in [1.165, 1.54) is 0 Å². The summed E-state index contributed by atoms with van der Waals surface area (Å²) in [5.41, 5.74) is 0.846. The molecule has 2 aromatic carbocycles. The second kappa shape index (κ2) is 10.9. The average Bonchev–Trinajstić information content (AvgIpc) is 2.72. The highest BCUT2D eigenvalue weighted by molar-refractivity contribution is 5.93. The topological polar surface area (TPSA) is 73.3 Å². The van der Waals surface area contributed by atoms with Crippen molar-refractivity contribution in [2.75, 3.05) is 39.7 Å². The first kappa shape index (κ1) is 21.2. The number of guanidine groups is 1. The minimum atomic E-state index is -0.104. The molecule has 0 heterocycles. The SMILES string of the molecule is CCNC(=NCC(C)Oc1cccc(OC)c1)Nc1ccc(OC)c(OC)c1. The van der Waals surface area contributed by atoms with Crippen LogP contribution in [0.1, 0.15) is 13.8 Å². The largest absolute Gasteiger partial charge is 0.497 e. The molecule has 0 saturated heterocycles. The monoisotopic (exact) mass is 387 g/mol. The van der Waals surface area contributed by atoms with E-state index in [1.54, 1.807) is 21.3 Å². The summed E-state index contributed by atoms with van der Waals surface area (Å²) < 4.78 is 21.8. The van der Waals surface area contributed by atoms with Gasteiger partial charge in [-0.2, -0.15) is 0 Å². The molecule has 0 radical (unpaired) electrons. The Hall–Kier alpha value is -3.09. The van der Waals surface area contributed by atoms with Crippen LogP contribution >= 0.6 is 0 Å². The van der Waals surface area contributed by atoms with Gasteiger partial charge in [0, 0.05) is 24.4 Å². The van der Waals surface area contributed by atoms with Crippen LogP contribution in [0.2, 0.25) is 0 Å². The fourth-order valence-electron chi connectivity index (χ4n) is 2.52. The minimum Gasteiger partial charge on any atom is -0.497 e. The summed E-state index contributed by atoms with van der Waals surface area (Å²) in [7, 11) is 4.86. The summed E-state index contributed by atoms with van der Waals surface area (Å²) in [5, 5.41) is 6.50. The third kappa shape index (κ3) is 6.26. The van der Waals surface area contributed by atoms with Crippen molar-refractivity contribution in [2.24, 2.45) is 4.99 Å². The molecule has 0 amide bonds. The number of hydrogen-bond acceptors (Lipinski definition) is 5. The predicted octanol–water partition coefficient (Wildman–Crippen LogP) is 3.56. The fourth-order valence-corrected chi connectivity index (χ4v) is 2.52. The molecule has 0 fully saturated rings. The van der Waals surface area contributed by atoms with Gasteiger partial charge in [-0.15, -0.1) is 0 Å². The van der Waals surface area contributed by atoms with Gasteiger partial charge in [-0.05, 0) is 38.1 Å². The van der Waals surface area contributed by atoms with Crippen molar-refractivity contribution in [3.63, 3.8) is 0 Å². The van der Waals surface area contributed by atoms with Crippen LogP contribution in [-0.4, -0.2) is 46.5 Å². The molecule has 1 atom stereocenters. The highest BCUT2D eigenvalue weighted by Gasteiger charge is 2.08. The van der Waals surface area contributed by atoms with E-state index >= 15 is 0 Å². The van der Waals surface area contributed by atoms with Gasteiger partial charge in [-0.1, -0.05) is 6.07 Å². The molecule has 7 nitrogen and oxygen atoms in total. The molecular weight excluding hydrogens is 358 g/mol. The summed E-state index contributed by atoms with van der Waals surface area (Å²) in [6.07, 6.45) is -0.104. The molecule has 2 aromatic rings. The summed E-state index contributed by atoms with van der Waals surface area (Å²) in [6, 6.07) is 13.1. The molecule has 7 heteroatoms. The number of nitrogens with zero attached hydrogens (tertiary/aromatic N) is 1. The highest BCUT2D eigenvalue weighted by Crippen LogP contribution is 2.29. The zero-order chi connectivity index (χ0) is 20.4. The Morgan fingerprint density at radius 1 is 0.964 bits per heavy atom. The molecule has 0 aliphatic heterocycles. The van der Waals surface area contributed by atoms with E-state index in [9.17, 15) is 0 Å². The van der Waals surface area contributed by atoms with E-state index < -0.39 is 0 Å². The van der Waals surface area contributed by atoms with Crippen molar-refractivity contribution < 1.29 is 18.9 Å². The summed E-state index contributed by atoms with van der Waals surface area (Å²) in [6.45, 7) is 5.22. The summed E-state index contributed by atoms with van der Waals surface area (Å²) in [5.74, 6) is 3.50. The van der Waals surface area contributed by atoms with Crippen LogP contribution in [0.5, 0.6) is 23.0 Å². The molecule has 28 heavy (non-hydrogen) atoms. The zero-order valence-electron chi connectivity index (χ0n) is 17.1. The van der Waals surface area contributed by atoms with Crippen LogP contribution in [-0.2, 0) is 0 Å². The molecule has 0 aliphatic carbocycles. The first-order valence-electron chi connectivity index (χ1n) is 9.17. The lowest BCUT2D eigenvalue weighted by Gasteiger charge is -2.16. The minimum absolute atomic E-state index is 0.104. The molecule has 0 bridgehead atoms. The van der Waals surface area contributed by atoms with Crippen LogP contribution in [0.4, 0.5) is 5.69 Å². The second-order valence-electron chi connectivity index (χ2n) is 6.02. The number of methoxy groups -OCH3 is 3. The number of benzene rings is 2. The second-order valence-corrected chi connectivity index (χ2v) is 6.02. The zero-order valence-corrected chi connectivity index (χ0v) is 17.1. The number of anilines is 1. The van der Waals surface area contributed by atoms with Crippen molar-refractivity contribution in [1.29, 1.82) is 0 Å². The van der Waals surface area contributed by atoms with Gasteiger partial charge in [0.15, 0.2) is 17.5 Å². The number of ether oxygens (including phenoxy) is 4. The van der Waals surface area contributed by atoms with E-state index in [0.29, 0.717) is 24.0 Å². The number of hydrogen-bond donors (Lipinski definition) is 2. The van der Waals surface area contributed by atoms with Crippen LogP contribution < -0.4 is 29.6 Å². The number of rotatable bonds is 9. The molecule has 1 unspecified atom stereocenters. The molecule has 2 N–H and O–H groups in total. The van der Waals surface area contributed by atoms with Crippen LogP contribution in [0.3, 0.4) is 0 Å². The Labute approximate surface area is 166 Å². The summed E-state index contributed by atoms with van der Waals surface area (Å²) in [4.78, 5) is 4.61. The normalized spacial score (nSPS) is 12.1. The van der Waals surface area contributed by atoms with Gasteiger partial charge in [0.05, 0.1) is 27.9 Å². The lowest BCUT2D eigenvalue weighted by molar-refractivity contribution is 0.229. The lowest BCUT2D eigenvalue weighted by atomic mass is 10.2. The van der Waals surface area contributed by atoms with Gasteiger partial charge in [-0.3, -0.25) is 0 Å². The van der Waals surface area contributed by atoms with Crippen molar-refractivity contribution in [2.45, 2.75) is 20.0 Å². The fraction of sp³-hybridized carbons (Fsp3) is 0.381. The van der Waals surface area contributed by atoms with Gasteiger partial charge >= 0.3 is 0 Å². The quantitative estimate of drug-likeness (QED) is 0.506. The maximum atomic E-state index is 5.92. The maximum Gasteiger partial charge on any atom is 0.195 e. The Bertz CT molecular complexity index is 780. The van der Waals surface area contributed by atoms with Crippen LogP contribution in [0, 0.1) is 0 Å². The smallest absolute Gasteiger partial charge is 0.195 e. The summed E-state index contributed by atoms with van der Waals surface area (Å²) >= 11 is 0. The Morgan fingerprint density at radius 3 is 2.39 bits per heavy atom. The van der Waals surface area contributed by atoms with E-state index in [2.05, 4.69) is 15.6 Å². The number of nitrogens with one attached hydrogen (secondary N) is 2. The van der Waals surface area contributed by atoms with Gasteiger partial charge in [0.1, 0.15) is 17.6 Å². The van der Waals surface area contributed by atoms with Gasteiger partial charge in [0.25, 0.3) is 0 Å². The van der Waals surface area contributed by atoms with E-state index in [4.69, 9.17) is 18.9 Å². The van der Waals surface area contributed by atoms with Gasteiger partial charge < -0.3 is 29.6 Å². The van der Waals surface area contributed by atoms with Crippen molar-refractivity contribution in [3.05, 3.63) is 42.5 Å². The van der Waals surface area contributed by atoms with Crippen molar-refractivity contribution in [1.82, 2.24) is 5.32 Å². The van der Waals surface area contributed by atoms with Crippen molar-refractivity contribution >= 4 is 11.6 Å². The highest BCUT2D eigenvalue weighted by atomic mass is 16.5. The van der Waals surface area contributed by atoms with Crippen LogP contribution in [0.25, 0.3) is 0 Å². The van der Waals surface area contributed by atoms with Crippen LogP contribution in [0.15, 0.2) is 47.5 Å². The third-order valence-corrected chi connectivity index (χ3v) is 3.88. The third-order valence-electron chi connectivity index (χ3n) is 3.88.